The molecule has 1 aliphatic rings. The Morgan fingerprint density at radius 1 is 1.19 bits per heavy atom. The number of nitrogens with zero attached hydrogens (tertiary/aromatic N) is 1. The van der Waals surface area contributed by atoms with E-state index in [9.17, 15) is 5.11 Å². The monoisotopic (exact) mass is 227 g/mol. The fraction of sp³-hybridized carbons (Fsp3) is 1.00. The summed E-state index contributed by atoms with van der Waals surface area (Å²) in [7, 11) is 2.16. The summed E-state index contributed by atoms with van der Waals surface area (Å²) in [5, 5.41) is 10.1. The summed E-state index contributed by atoms with van der Waals surface area (Å²) < 4.78 is 0. The zero-order chi connectivity index (χ0) is 12.3. The van der Waals surface area contributed by atoms with Gasteiger partial charge in [0.25, 0.3) is 0 Å². The summed E-state index contributed by atoms with van der Waals surface area (Å²) in [5.41, 5.74) is 0. The van der Waals surface area contributed by atoms with Crippen LogP contribution in [-0.4, -0.2) is 35.7 Å². The summed E-state index contributed by atoms with van der Waals surface area (Å²) in [4.78, 5) is 2.36. The molecule has 0 aromatic rings. The average molecular weight is 227 g/mol. The molecule has 0 radical (unpaired) electrons. The molecule has 0 spiro atoms. The normalized spacial score (nSPS) is 31.7. The second-order valence-corrected chi connectivity index (χ2v) is 6.29. The molecule has 2 nitrogen and oxygen atoms in total. The van der Waals surface area contributed by atoms with E-state index >= 15 is 0 Å². The van der Waals surface area contributed by atoms with Crippen LogP contribution >= 0.6 is 0 Å². The van der Waals surface area contributed by atoms with Crippen LogP contribution < -0.4 is 0 Å². The highest BCUT2D eigenvalue weighted by molar-refractivity contribution is 4.86. The number of likely N-dealkylation sites (N-methyl/N-ethyl adjacent to an activating group) is 1. The highest BCUT2D eigenvalue weighted by Gasteiger charge is 2.32. The smallest absolute Gasteiger partial charge is 0.0695 e. The van der Waals surface area contributed by atoms with Gasteiger partial charge in [0.2, 0.25) is 0 Å². The molecule has 0 aliphatic heterocycles. The third-order valence-electron chi connectivity index (χ3n) is 3.98. The number of aliphatic hydroxyl groups excluding tert-OH is 1. The Morgan fingerprint density at radius 3 is 2.31 bits per heavy atom. The largest absolute Gasteiger partial charge is 0.391 e. The molecule has 0 aromatic heterocycles. The molecule has 3 atom stereocenters. The lowest BCUT2D eigenvalue weighted by atomic mass is 9.77. The third-order valence-corrected chi connectivity index (χ3v) is 3.98. The number of hydrogen-bond donors (Lipinski definition) is 1. The van der Waals surface area contributed by atoms with Crippen molar-refractivity contribution in [1.29, 1.82) is 0 Å². The minimum Gasteiger partial charge on any atom is -0.391 e. The van der Waals surface area contributed by atoms with Crippen LogP contribution in [0.2, 0.25) is 0 Å². The van der Waals surface area contributed by atoms with Crippen LogP contribution in [0.1, 0.15) is 47.0 Å². The number of hydrogen-bond acceptors (Lipinski definition) is 2. The molecule has 1 N–H and O–H groups in total. The van der Waals surface area contributed by atoms with Crippen LogP contribution in [0.3, 0.4) is 0 Å². The fourth-order valence-electron chi connectivity index (χ4n) is 2.95. The molecular weight excluding hydrogens is 198 g/mol. The minimum absolute atomic E-state index is 0.112. The van der Waals surface area contributed by atoms with Gasteiger partial charge >= 0.3 is 0 Å². The second kappa shape index (κ2) is 6.02. The first-order valence-electron chi connectivity index (χ1n) is 6.80. The molecule has 16 heavy (non-hydrogen) atoms. The maximum absolute atomic E-state index is 10.1. The quantitative estimate of drug-likeness (QED) is 0.798. The molecule has 0 amide bonds. The molecule has 96 valence electrons. The van der Waals surface area contributed by atoms with Crippen LogP contribution in [0.5, 0.6) is 0 Å². The lowest BCUT2D eigenvalue weighted by Gasteiger charge is -2.40. The van der Waals surface area contributed by atoms with Crippen LogP contribution in [0.4, 0.5) is 0 Å². The third kappa shape index (κ3) is 3.74. The first-order chi connectivity index (χ1) is 7.41. The van der Waals surface area contributed by atoms with E-state index in [1.807, 2.05) is 0 Å². The Morgan fingerprint density at radius 2 is 1.81 bits per heavy atom. The topological polar surface area (TPSA) is 23.5 Å². The molecule has 0 saturated heterocycles. The van der Waals surface area contributed by atoms with Crippen molar-refractivity contribution >= 4 is 0 Å². The molecule has 0 aromatic carbocycles. The number of rotatable bonds is 4. The van der Waals surface area contributed by atoms with Crippen LogP contribution in [0, 0.1) is 17.8 Å². The van der Waals surface area contributed by atoms with Gasteiger partial charge in [-0.25, -0.2) is 0 Å². The van der Waals surface area contributed by atoms with Gasteiger partial charge in [-0.3, -0.25) is 0 Å². The van der Waals surface area contributed by atoms with E-state index < -0.39 is 0 Å². The molecule has 0 bridgehead atoms. The Balaban J connectivity index is 2.55. The van der Waals surface area contributed by atoms with Crippen molar-refractivity contribution in [2.45, 2.75) is 59.1 Å². The fourth-order valence-corrected chi connectivity index (χ4v) is 2.95. The summed E-state index contributed by atoms with van der Waals surface area (Å²) >= 11 is 0. The predicted molar refractivity (Wildman–Crippen MR) is 69.4 cm³/mol. The first-order valence-corrected chi connectivity index (χ1v) is 6.80. The molecular formula is C14H29NO. The Kier molecular flexibility index (Phi) is 5.26. The van der Waals surface area contributed by atoms with Gasteiger partial charge in [-0.15, -0.1) is 0 Å². The molecule has 1 fully saturated rings. The Bertz CT molecular complexity index is 203. The average Bonchev–Trinajstić information content (AvgIpc) is 2.16. The maximum atomic E-state index is 10.1. The van der Waals surface area contributed by atoms with Crippen LogP contribution in [0.15, 0.2) is 0 Å². The van der Waals surface area contributed by atoms with E-state index in [1.165, 1.54) is 12.8 Å². The van der Waals surface area contributed by atoms with Crippen molar-refractivity contribution in [3.8, 4) is 0 Å². The van der Waals surface area contributed by atoms with Gasteiger partial charge in [-0.2, -0.15) is 0 Å². The van der Waals surface area contributed by atoms with Crippen LogP contribution in [-0.2, 0) is 0 Å². The maximum Gasteiger partial charge on any atom is 0.0695 e. The lowest BCUT2D eigenvalue weighted by molar-refractivity contribution is 0.00246. The second-order valence-electron chi connectivity index (χ2n) is 6.29. The summed E-state index contributed by atoms with van der Waals surface area (Å²) in [6, 6.07) is 0.378. The SMILES string of the molecule is CC(C)CN(C)C1CC(C(C)C)CCC1O. The van der Waals surface area contributed by atoms with Gasteiger partial charge in [0.1, 0.15) is 0 Å². The minimum atomic E-state index is -0.112. The van der Waals surface area contributed by atoms with Gasteiger partial charge in [0.05, 0.1) is 6.10 Å². The molecule has 1 saturated carbocycles. The molecule has 1 aliphatic carbocycles. The van der Waals surface area contributed by atoms with Crippen molar-refractivity contribution in [3.05, 3.63) is 0 Å². The van der Waals surface area contributed by atoms with E-state index in [2.05, 4.69) is 39.6 Å². The van der Waals surface area contributed by atoms with Crippen molar-refractivity contribution in [1.82, 2.24) is 4.90 Å². The molecule has 3 unspecified atom stereocenters. The molecule has 2 heteroatoms. The van der Waals surface area contributed by atoms with Gasteiger partial charge in [-0.1, -0.05) is 27.7 Å². The molecule has 1 rings (SSSR count). The van der Waals surface area contributed by atoms with E-state index in [1.54, 1.807) is 0 Å². The van der Waals surface area contributed by atoms with E-state index in [0.717, 1.165) is 24.8 Å². The highest BCUT2D eigenvalue weighted by Crippen LogP contribution is 2.32. The summed E-state index contributed by atoms with van der Waals surface area (Å²) in [6.45, 7) is 10.2. The zero-order valence-corrected chi connectivity index (χ0v) is 11.6. The summed E-state index contributed by atoms with van der Waals surface area (Å²) in [5.74, 6) is 2.22. The van der Waals surface area contributed by atoms with Crippen molar-refractivity contribution in [3.63, 3.8) is 0 Å². The first kappa shape index (κ1) is 14.0. The zero-order valence-electron chi connectivity index (χ0n) is 11.6. The van der Waals surface area contributed by atoms with Gasteiger partial charge < -0.3 is 10.0 Å². The van der Waals surface area contributed by atoms with Gasteiger partial charge in [-0.05, 0) is 44.1 Å². The van der Waals surface area contributed by atoms with Gasteiger partial charge in [0, 0.05) is 12.6 Å². The van der Waals surface area contributed by atoms with Crippen LogP contribution in [0.25, 0.3) is 0 Å². The van der Waals surface area contributed by atoms with E-state index in [0.29, 0.717) is 12.0 Å². The predicted octanol–water partition coefficient (Wildman–Crippen LogP) is 2.76. The Hall–Kier alpha value is -0.0800. The summed E-state index contributed by atoms with van der Waals surface area (Å²) in [6.07, 6.45) is 3.24. The number of aliphatic hydroxyl groups is 1. The highest BCUT2D eigenvalue weighted by atomic mass is 16.3. The van der Waals surface area contributed by atoms with Crippen molar-refractivity contribution in [2.75, 3.05) is 13.6 Å². The van der Waals surface area contributed by atoms with E-state index in [-0.39, 0.29) is 6.10 Å². The van der Waals surface area contributed by atoms with Crippen molar-refractivity contribution < 1.29 is 5.11 Å². The van der Waals surface area contributed by atoms with E-state index in [4.69, 9.17) is 0 Å². The standard InChI is InChI=1S/C14H29NO/c1-10(2)9-15(5)13-8-12(11(3)4)6-7-14(13)16/h10-14,16H,6-9H2,1-5H3. The van der Waals surface area contributed by atoms with Crippen molar-refractivity contribution in [2.24, 2.45) is 17.8 Å². The van der Waals surface area contributed by atoms with Gasteiger partial charge in [0.15, 0.2) is 0 Å². The molecule has 0 heterocycles. The lowest BCUT2D eigenvalue weighted by Crippen LogP contribution is -2.47. The Labute approximate surface area is 101 Å².